The van der Waals surface area contributed by atoms with Crippen molar-refractivity contribution >= 4 is 110 Å². The van der Waals surface area contributed by atoms with Gasteiger partial charge in [-0.1, -0.05) is 125 Å². The van der Waals surface area contributed by atoms with E-state index in [1.807, 2.05) is 24.3 Å². The number of aromatic nitrogens is 4. The van der Waals surface area contributed by atoms with Crippen LogP contribution >= 0.6 is 0 Å². The molecule has 0 amide bonds. The molecule has 70 heavy (non-hydrogen) atoms. The Morgan fingerprint density at radius 3 is 0.714 bits per heavy atom. The molecule has 0 spiro atoms. The Hall–Kier alpha value is -6.68. The van der Waals surface area contributed by atoms with E-state index in [1.54, 1.807) is 0 Å². The molecule has 10 heteroatoms. The van der Waals surface area contributed by atoms with E-state index >= 15 is 0 Å². The molecular formula is C60H64N4O6. The molecule has 2 N–H and O–H groups in total. The number of fused-ring (bicyclic) bond motifs is 12. The summed E-state index contributed by atoms with van der Waals surface area (Å²) in [5.41, 5.74) is 9.07. The van der Waals surface area contributed by atoms with Gasteiger partial charge in [-0.2, -0.15) is 0 Å². The van der Waals surface area contributed by atoms with Gasteiger partial charge in [-0.25, -0.2) is 19.9 Å². The van der Waals surface area contributed by atoms with Gasteiger partial charge in [-0.05, 0) is 103 Å². The van der Waals surface area contributed by atoms with E-state index in [9.17, 15) is 10.2 Å². The molecule has 360 valence electrons. The average Bonchev–Trinajstić information content (AvgIpc) is 4.04. The summed E-state index contributed by atoms with van der Waals surface area (Å²) >= 11 is 0. The first-order valence-corrected chi connectivity index (χ1v) is 24.5. The Bertz CT molecular complexity index is 3630. The number of oxazole rings is 4. The summed E-state index contributed by atoms with van der Waals surface area (Å²) in [6, 6.07) is 16.6. The number of phenolic OH excluding ortho intramolecular Hbond substituents is 2. The number of nitrogens with zero attached hydrogens (tertiary/aromatic N) is 4. The first-order chi connectivity index (χ1) is 32.3. The molecule has 0 aliphatic rings. The standard InChI is InChI=1S/C60H64N4O6/c1-55(2,3)29-23-31-45(65)32(24-29)52-62-42-40-28(20-36(48(42)68-52)58(10,11)12)22-38(60(16,17)18)50-44(40)64-54(70-50)34-26-30(56(4,5)6)25-33(46(34)66)53-63-43-39-27(21-37(49(43)69-53)59(13,14)15)19-35(57(7,8)9)47-41(39)61-51(31)67-47/h19-26,65-66H,1-18H3. The Morgan fingerprint density at radius 1 is 0.314 bits per heavy atom. The molecule has 0 aliphatic carbocycles. The Morgan fingerprint density at radius 2 is 0.529 bits per heavy atom. The van der Waals surface area contributed by atoms with Gasteiger partial charge in [0.15, 0.2) is 22.3 Å². The predicted molar refractivity (Wildman–Crippen MR) is 286 cm³/mol. The van der Waals surface area contributed by atoms with Crippen molar-refractivity contribution in [1.82, 2.24) is 19.9 Å². The van der Waals surface area contributed by atoms with Gasteiger partial charge in [0, 0.05) is 33.0 Å². The fraction of sp³-hybridized carbons (Fsp3) is 0.400. The van der Waals surface area contributed by atoms with E-state index in [0.29, 0.717) is 65.9 Å². The smallest absolute Gasteiger partial charge is 0.231 e. The van der Waals surface area contributed by atoms with Gasteiger partial charge in [0.05, 0.1) is 21.5 Å². The summed E-state index contributed by atoms with van der Waals surface area (Å²) in [6.45, 7) is 38.8. The van der Waals surface area contributed by atoms with E-state index in [1.165, 1.54) is 0 Å². The van der Waals surface area contributed by atoms with E-state index in [-0.39, 0.29) is 66.8 Å². The van der Waals surface area contributed by atoms with Gasteiger partial charge >= 0.3 is 0 Å². The fourth-order valence-corrected chi connectivity index (χ4v) is 10.2. The minimum absolute atomic E-state index is 0.0693. The number of hydrogen-bond donors (Lipinski definition) is 2. The second kappa shape index (κ2) is 14.0. The molecule has 11 rings (SSSR count). The molecule has 0 aliphatic heterocycles. The van der Waals surface area contributed by atoms with Crippen LogP contribution in [-0.2, 0) is 32.5 Å². The number of phenols is 2. The zero-order valence-corrected chi connectivity index (χ0v) is 43.9. The van der Waals surface area contributed by atoms with Gasteiger partial charge in [0.25, 0.3) is 0 Å². The summed E-state index contributed by atoms with van der Waals surface area (Å²) in [6.07, 6.45) is 0. The first-order valence-electron chi connectivity index (χ1n) is 24.5. The van der Waals surface area contributed by atoms with Crippen LogP contribution in [0.25, 0.3) is 110 Å². The predicted octanol–water partition coefficient (Wildman–Crippen LogP) is 16.9. The minimum atomic E-state index is -0.373. The zero-order valence-electron chi connectivity index (χ0n) is 43.9. The third-order valence-corrected chi connectivity index (χ3v) is 14.3. The van der Waals surface area contributed by atoms with Gasteiger partial charge in [-0.3, -0.25) is 0 Å². The number of hydrogen-bond acceptors (Lipinski definition) is 10. The number of rotatable bonds is 0. The largest absolute Gasteiger partial charge is 0.506 e. The van der Waals surface area contributed by atoms with E-state index in [2.05, 4.69) is 149 Å². The van der Waals surface area contributed by atoms with Crippen LogP contribution in [0, 0.1) is 0 Å². The molecule has 11 aromatic rings. The van der Waals surface area contributed by atoms with Crippen molar-refractivity contribution in [2.45, 2.75) is 157 Å². The maximum absolute atomic E-state index is 12.8. The summed E-state index contributed by atoms with van der Waals surface area (Å²) in [7, 11) is 0. The Labute approximate surface area is 407 Å². The lowest BCUT2D eigenvalue weighted by molar-refractivity contribution is 0.484. The molecule has 0 fully saturated rings. The normalized spacial score (nSPS) is 14.0. The van der Waals surface area contributed by atoms with Crippen molar-refractivity contribution in [3.8, 4) is 11.5 Å². The van der Waals surface area contributed by atoms with Crippen LogP contribution in [0.5, 0.6) is 11.5 Å². The van der Waals surface area contributed by atoms with Crippen molar-refractivity contribution in [2.75, 3.05) is 0 Å². The Balaban J connectivity index is 1.49. The molecule has 5 heterocycles. The summed E-state index contributed by atoms with van der Waals surface area (Å²) in [5.74, 6) is -0.139. The van der Waals surface area contributed by atoms with Crippen LogP contribution in [0.15, 0.2) is 66.2 Å². The fourth-order valence-electron chi connectivity index (χ4n) is 10.2. The van der Waals surface area contributed by atoms with Crippen molar-refractivity contribution in [3.05, 3.63) is 81.9 Å². The number of aromatic hydroxyl groups is 2. The van der Waals surface area contributed by atoms with Crippen LogP contribution in [0.3, 0.4) is 0 Å². The monoisotopic (exact) mass is 936 g/mol. The molecule has 0 radical (unpaired) electrons. The SMILES string of the molecule is CC(C)(C)c1cc2c(O)c(c1)c1nc3c(o1)c(C(C)(C)C)cc1cc(C(C)(C)C)c4oc(nc4c13)c1cc(C(C)(C)C)cc(c1O)c1nc3c(o1)c(C(C)(C)C)cc1cc(C(C)(C)C)c4oc2nc4c13. The van der Waals surface area contributed by atoms with Crippen LogP contribution in [0.2, 0.25) is 0 Å². The summed E-state index contributed by atoms with van der Waals surface area (Å²) < 4.78 is 28.0. The van der Waals surface area contributed by atoms with Crippen molar-refractivity contribution in [3.63, 3.8) is 0 Å². The lowest BCUT2D eigenvalue weighted by Gasteiger charge is -2.22. The van der Waals surface area contributed by atoms with Gasteiger partial charge in [-0.15, -0.1) is 0 Å². The molecule has 10 nitrogen and oxygen atoms in total. The van der Waals surface area contributed by atoms with E-state index in [0.717, 1.165) is 54.9 Å². The third-order valence-electron chi connectivity index (χ3n) is 14.3. The maximum Gasteiger partial charge on any atom is 0.231 e. The van der Waals surface area contributed by atoms with Gasteiger partial charge in [0.2, 0.25) is 22.9 Å². The summed E-state index contributed by atoms with van der Waals surface area (Å²) in [4.78, 5) is 21.4. The second-order valence-electron chi connectivity index (χ2n) is 26.0. The highest BCUT2D eigenvalue weighted by molar-refractivity contribution is 6.21. The molecule has 12 bridgehead atoms. The van der Waals surface area contributed by atoms with Crippen LogP contribution < -0.4 is 0 Å². The Kier molecular flexibility index (Phi) is 9.16. The van der Waals surface area contributed by atoms with E-state index in [4.69, 9.17) is 37.6 Å². The van der Waals surface area contributed by atoms with Crippen LogP contribution in [0.4, 0.5) is 0 Å². The highest BCUT2D eigenvalue weighted by Gasteiger charge is 2.32. The average molecular weight is 937 g/mol. The topological polar surface area (TPSA) is 145 Å². The summed E-state index contributed by atoms with van der Waals surface area (Å²) in [5, 5.41) is 30.5. The molecule has 6 aromatic carbocycles. The van der Waals surface area contributed by atoms with Crippen LogP contribution in [-0.4, -0.2) is 30.1 Å². The van der Waals surface area contributed by atoms with Crippen LogP contribution in [0.1, 0.15) is 158 Å². The molecular weight excluding hydrogens is 873 g/mol. The van der Waals surface area contributed by atoms with E-state index < -0.39 is 0 Å². The van der Waals surface area contributed by atoms with Crippen molar-refractivity contribution in [1.29, 1.82) is 0 Å². The number of benzene rings is 6. The zero-order chi connectivity index (χ0) is 50.5. The first kappa shape index (κ1) is 45.7. The third kappa shape index (κ3) is 6.79. The lowest BCUT2D eigenvalue weighted by Crippen LogP contribution is -2.13. The quantitative estimate of drug-likeness (QED) is 0.151. The van der Waals surface area contributed by atoms with Gasteiger partial charge < -0.3 is 27.9 Å². The minimum Gasteiger partial charge on any atom is -0.506 e. The highest BCUT2D eigenvalue weighted by Crippen LogP contribution is 2.48. The molecule has 0 unspecified atom stereocenters. The highest BCUT2D eigenvalue weighted by atomic mass is 16.4. The second-order valence-corrected chi connectivity index (χ2v) is 26.0. The van der Waals surface area contributed by atoms with Crippen molar-refractivity contribution < 1.29 is 27.9 Å². The molecule has 5 aromatic heterocycles. The van der Waals surface area contributed by atoms with Gasteiger partial charge in [0.1, 0.15) is 33.6 Å². The van der Waals surface area contributed by atoms with Crippen molar-refractivity contribution in [2.24, 2.45) is 0 Å². The molecule has 0 saturated heterocycles. The molecule has 0 saturated carbocycles. The maximum atomic E-state index is 12.8. The molecule has 0 atom stereocenters. The lowest BCUT2D eigenvalue weighted by atomic mass is 9.82.